The summed E-state index contributed by atoms with van der Waals surface area (Å²) < 4.78 is 0. The highest BCUT2D eigenvalue weighted by Gasteiger charge is 2.46. The number of hydrogen-bond acceptors (Lipinski definition) is 8. The molecule has 3 heterocycles. The van der Waals surface area contributed by atoms with Crippen LogP contribution in [-0.4, -0.2) is 34.1 Å². The lowest BCUT2D eigenvalue weighted by molar-refractivity contribution is 0.186. The summed E-state index contributed by atoms with van der Waals surface area (Å²) in [5, 5.41) is 1.01. The van der Waals surface area contributed by atoms with E-state index in [0.29, 0.717) is 33.2 Å². The Morgan fingerprint density at radius 3 is 2.57 bits per heavy atom. The molecule has 6 N–H and O–H groups in total. The molecule has 1 aliphatic carbocycles. The zero-order valence-corrected chi connectivity index (χ0v) is 17.5. The van der Waals surface area contributed by atoms with Crippen molar-refractivity contribution in [3.8, 4) is 0 Å². The first-order valence-corrected chi connectivity index (χ1v) is 10.8. The Kier molecular flexibility index (Phi) is 5.28. The fraction of sp³-hybridized carbons (Fsp3) is 0.526. The van der Waals surface area contributed by atoms with Gasteiger partial charge >= 0.3 is 0 Å². The summed E-state index contributed by atoms with van der Waals surface area (Å²) in [6.07, 6.45) is 8.07. The molecule has 2 atom stereocenters. The number of rotatable bonds is 3. The topological polar surface area (TPSA) is 120 Å². The normalized spacial score (nSPS) is 24.0. The number of aromatic nitrogens is 3. The molecular weight excluding hydrogens is 394 g/mol. The fourth-order valence-electron chi connectivity index (χ4n) is 4.47. The third-order valence-corrected chi connectivity index (χ3v) is 7.92. The van der Waals surface area contributed by atoms with Crippen LogP contribution >= 0.6 is 23.4 Å². The van der Waals surface area contributed by atoms with Gasteiger partial charge in [-0.15, -0.1) is 0 Å². The second kappa shape index (κ2) is 7.57. The molecule has 0 amide bonds. The molecule has 1 aliphatic heterocycles. The van der Waals surface area contributed by atoms with E-state index in [1.165, 1.54) is 24.6 Å². The highest BCUT2D eigenvalue weighted by Crippen LogP contribution is 2.48. The summed E-state index contributed by atoms with van der Waals surface area (Å²) in [7, 11) is 0. The van der Waals surface area contributed by atoms with E-state index in [4.69, 9.17) is 28.8 Å². The van der Waals surface area contributed by atoms with Crippen LogP contribution in [0.3, 0.4) is 0 Å². The van der Waals surface area contributed by atoms with E-state index in [2.05, 4.69) is 26.8 Å². The lowest BCUT2D eigenvalue weighted by Gasteiger charge is -2.43. The molecule has 0 aromatic carbocycles. The minimum atomic E-state index is 0.288. The number of nitrogens with zero attached hydrogens (tertiary/aromatic N) is 4. The molecule has 0 radical (unpaired) electrons. The molecule has 2 unspecified atom stereocenters. The minimum Gasteiger partial charge on any atom is -0.382 e. The molecule has 2 aliphatic rings. The van der Waals surface area contributed by atoms with Crippen molar-refractivity contribution in [3.63, 3.8) is 0 Å². The summed E-state index contributed by atoms with van der Waals surface area (Å²) in [4.78, 5) is 16.1. The predicted octanol–water partition coefficient (Wildman–Crippen LogP) is 3.18. The van der Waals surface area contributed by atoms with E-state index in [1.807, 2.05) is 0 Å². The molecular formula is C19H26ClN7S. The van der Waals surface area contributed by atoms with E-state index < -0.39 is 0 Å². The number of anilines is 3. The first kappa shape index (κ1) is 19.5. The van der Waals surface area contributed by atoms with Gasteiger partial charge in [0.25, 0.3) is 0 Å². The van der Waals surface area contributed by atoms with Crippen molar-refractivity contribution in [2.45, 2.75) is 48.6 Å². The largest absolute Gasteiger partial charge is 0.382 e. The fourth-order valence-corrected chi connectivity index (χ4v) is 5.48. The Labute approximate surface area is 174 Å². The monoisotopic (exact) mass is 419 g/mol. The maximum absolute atomic E-state index is 6.52. The summed E-state index contributed by atoms with van der Waals surface area (Å²) in [5.41, 5.74) is 18.8. The molecule has 2 fully saturated rings. The number of pyridine rings is 1. The van der Waals surface area contributed by atoms with Gasteiger partial charge in [0.2, 0.25) is 0 Å². The SMILES string of the molecule is CC1CCC2(CCN(c3cnc(Sc4ccnc(N)c4Cl)c(N)n3)CC2)C1N. The van der Waals surface area contributed by atoms with Gasteiger partial charge < -0.3 is 22.1 Å². The van der Waals surface area contributed by atoms with Crippen LogP contribution in [0.1, 0.15) is 32.6 Å². The van der Waals surface area contributed by atoms with Gasteiger partial charge in [-0.2, -0.15) is 0 Å². The molecule has 0 bridgehead atoms. The van der Waals surface area contributed by atoms with Gasteiger partial charge in [0, 0.05) is 30.2 Å². The molecule has 1 saturated heterocycles. The number of halogens is 1. The Bertz CT molecular complexity index is 869. The number of hydrogen-bond donors (Lipinski definition) is 3. The van der Waals surface area contributed by atoms with Crippen LogP contribution in [0.4, 0.5) is 17.5 Å². The van der Waals surface area contributed by atoms with Crippen molar-refractivity contribution in [2.24, 2.45) is 17.1 Å². The lowest BCUT2D eigenvalue weighted by Crippen LogP contribution is -2.48. The molecule has 9 heteroatoms. The molecule has 2 aromatic rings. The van der Waals surface area contributed by atoms with Gasteiger partial charge in [0.05, 0.1) is 11.2 Å². The molecule has 7 nitrogen and oxygen atoms in total. The van der Waals surface area contributed by atoms with Gasteiger partial charge in [0.15, 0.2) is 5.82 Å². The molecule has 28 heavy (non-hydrogen) atoms. The highest BCUT2D eigenvalue weighted by atomic mass is 35.5. The van der Waals surface area contributed by atoms with Crippen molar-refractivity contribution in [1.29, 1.82) is 0 Å². The molecule has 1 saturated carbocycles. The van der Waals surface area contributed by atoms with Crippen LogP contribution in [0.2, 0.25) is 5.02 Å². The van der Waals surface area contributed by atoms with Gasteiger partial charge in [0.1, 0.15) is 16.7 Å². The summed E-state index contributed by atoms with van der Waals surface area (Å²) >= 11 is 7.55. The Morgan fingerprint density at radius 1 is 1.18 bits per heavy atom. The molecule has 150 valence electrons. The lowest BCUT2D eigenvalue weighted by atomic mass is 9.73. The van der Waals surface area contributed by atoms with Crippen LogP contribution in [-0.2, 0) is 0 Å². The molecule has 2 aromatic heterocycles. The zero-order valence-electron chi connectivity index (χ0n) is 15.9. The quantitative estimate of drug-likeness (QED) is 0.693. The van der Waals surface area contributed by atoms with E-state index in [9.17, 15) is 0 Å². The van der Waals surface area contributed by atoms with Crippen molar-refractivity contribution < 1.29 is 0 Å². The van der Waals surface area contributed by atoms with Crippen molar-refractivity contribution in [2.75, 3.05) is 29.5 Å². The predicted molar refractivity (Wildman–Crippen MR) is 114 cm³/mol. The molecule has 1 spiro atoms. The highest BCUT2D eigenvalue weighted by molar-refractivity contribution is 7.99. The van der Waals surface area contributed by atoms with Gasteiger partial charge in [-0.25, -0.2) is 15.0 Å². The standard InChI is InChI=1S/C19H26ClN7S/c1-11-2-4-19(15(11)21)5-8-27(9-6-19)13-10-25-18(17(23)26-13)28-12-3-7-24-16(22)14(12)20/h3,7,10-11,15H,2,4-6,8-9,21H2,1H3,(H2,22,24)(H2,23,26). The third kappa shape index (κ3) is 3.49. The van der Waals surface area contributed by atoms with Crippen molar-refractivity contribution in [1.82, 2.24) is 15.0 Å². The Hall–Kier alpha value is -1.77. The van der Waals surface area contributed by atoms with Gasteiger partial charge in [-0.05, 0) is 43.1 Å². The summed E-state index contributed by atoms with van der Waals surface area (Å²) in [5.74, 6) is 2.11. The van der Waals surface area contributed by atoms with E-state index in [-0.39, 0.29) is 5.82 Å². The average Bonchev–Trinajstić information content (AvgIpc) is 2.96. The Balaban J connectivity index is 1.46. The second-order valence-corrected chi connectivity index (χ2v) is 9.33. The van der Waals surface area contributed by atoms with Crippen LogP contribution in [0.15, 0.2) is 28.4 Å². The number of nitrogen functional groups attached to an aromatic ring is 2. The first-order chi connectivity index (χ1) is 13.4. The third-order valence-electron chi connectivity index (χ3n) is 6.34. The van der Waals surface area contributed by atoms with Crippen molar-refractivity contribution in [3.05, 3.63) is 23.5 Å². The van der Waals surface area contributed by atoms with Crippen LogP contribution in [0.25, 0.3) is 0 Å². The second-order valence-electron chi connectivity index (χ2n) is 7.92. The van der Waals surface area contributed by atoms with Crippen molar-refractivity contribution >= 4 is 40.8 Å². The smallest absolute Gasteiger partial charge is 0.158 e. The van der Waals surface area contributed by atoms with E-state index >= 15 is 0 Å². The average molecular weight is 420 g/mol. The molecule has 4 rings (SSSR count). The Morgan fingerprint density at radius 2 is 1.93 bits per heavy atom. The van der Waals surface area contributed by atoms with Crippen LogP contribution in [0.5, 0.6) is 0 Å². The van der Waals surface area contributed by atoms with Gasteiger partial charge in [-0.1, -0.05) is 30.3 Å². The number of piperidine rings is 1. The summed E-state index contributed by atoms with van der Waals surface area (Å²) in [6.45, 7) is 4.15. The maximum atomic E-state index is 6.52. The van der Waals surface area contributed by atoms with E-state index in [0.717, 1.165) is 36.6 Å². The number of nitrogens with two attached hydrogens (primary N) is 3. The zero-order chi connectivity index (χ0) is 19.9. The maximum Gasteiger partial charge on any atom is 0.158 e. The van der Waals surface area contributed by atoms with Crippen LogP contribution in [0, 0.1) is 11.3 Å². The minimum absolute atomic E-state index is 0.288. The first-order valence-electron chi connectivity index (χ1n) is 9.60. The summed E-state index contributed by atoms with van der Waals surface area (Å²) in [6, 6.07) is 2.09. The van der Waals surface area contributed by atoms with E-state index in [1.54, 1.807) is 18.5 Å². The van der Waals surface area contributed by atoms with Gasteiger partial charge in [-0.3, -0.25) is 0 Å². The van der Waals surface area contributed by atoms with Crippen LogP contribution < -0.4 is 22.1 Å².